The summed E-state index contributed by atoms with van der Waals surface area (Å²) in [5.74, 6) is -0.312. The normalized spacial score (nSPS) is 10.5. The van der Waals surface area contributed by atoms with Crippen LogP contribution in [0.4, 0.5) is 0 Å². The number of amides is 2. The van der Waals surface area contributed by atoms with E-state index in [1.54, 1.807) is 17.3 Å². The van der Waals surface area contributed by atoms with Crippen LogP contribution >= 0.6 is 0 Å². The Bertz CT molecular complexity index is 962. The molecular weight excluding hydrogens is 390 g/mol. The summed E-state index contributed by atoms with van der Waals surface area (Å²) in [6.07, 6.45) is 6.39. The number of nitrogens with one attached hydrogen (secondary N) is 1. The SMILES string of the molecule is Cc1cnc(C(=O)N(CCC(=O)NCCc2ccccn2)CCc2ccccc2)cn1. The second-order valence-corrected chi connectivity index (χ2v) is 7.24. The second kappa shape index (κ2) is 11.5. The van der Waals surface area contributed by atoms with Gasteiger partial charge in [0.05, 0.1) is 11.9 Å². The van der Waals surface area contributed by atoms with Crippen LogP contribution in [-0.4, -0.2) is 51.3 Å². The molecule has 0 spiro atoms. The molecule has 2 heterocycles. The van der Waals surface area contributed by atoms with Gasteiger partial charge in [-0.05, 0) is 31.0 Å². The zero-order chi connectivity index (χ0) is 21.9. The molecule has 2 amide bonds. The van der Waals surface area contributed by atoms with Crippen LogP contribution in [0.1, 0.15) is 33.9 Å². The number of nitrogens with zero attached hydrogens (tertiary/aromatic N) is 4. The van der Waals surface area contributed by atoms with Gasteiger partial charge in [-0.25, -0.2) is 4.98 Å². The van der Waals surface area contributed by atoms with Crippen LogP contribution in [0.3, 0.4) is 0 Å². The van der Waals surface area contributed by atoms with E-state index in [2.05, 4.69) is 20.3 Å². The molecular formula is C24H27N5O2. The standard InChI is InChI=1S/C24H27N5O2/c1-19-17-28-22(18-27-19)24(31)29(15-11-20-7-3-2-4-8-20)16-12-23(30)26-14-10-21-9-5-6-13-25-21/h2-9,13,17-18H,10-12,14-16H2,1H3,(H,26,30). The molecule has 2 aromatic heterocycles. The van der Waals surface area contributed by atoms with E-state index < -0.39 is 0 Å². The van der Waals surface area contributed by atoms with Crippen LogP contribution in [0.5, 0.6) is 0 Å². The minimum Gasteiger partial charge on any atom is -0.356 e. The third-order valence-electron chi connectivity index (χ3n) is 4.84. The fourth-order valence-corrected chi connectivity index (χ4v) is 3.09. The van der Waals surface area contributed by atoms with E-state index in [4.69, 9.17) is 0 Å². The molecule has 0 saturated heterocycles. The van der Waals surface area contributed by atoms with Gasteiger partial charge in [0.2, 0.25) is 5.91 Å². The Morgan fingerprint density at radius 1 is 0.903 bits per heavy atom. The fourth-order valence-electron chi connectivity index (χ4n) is 3.09. The highest BCUT2D eigenvalue weighted by atomic mass is 16.2. The molecule has 0 aliphatic rings. The van der Waals surface area contributed by atoms with Crippen molar-refractivity contribution in [1.82, 2.24) is 25.2 Å². The molecule has 0 saturated carbocycles. The van der Waals surface area contributed by atoms with Crippen LogP contribution in [0, 0.1) is 6.92 Å². The first kappa shape index (κ1) is 22.1. The largest absolute Gasteiger partial charge is 0.356 e. The topological polar surface area (TPSA) is 88.1 Å². The number of hydrogen-bond donors (Lipinski definition) is 1. The van der Waals surface area contributed by atoms with E-state index in [1.807, 2.05) is 55.5 Å². The predicted molar refractivity (Wildman–Crippen MR) is 118 cm³/mol. The van der Waals surface area contributed by atoms with Crippen molar-refractivity contribution in [2.75, 3.05) is 19.6 Å². The second-order valence-electron chi connectivity index (χ2n) is 7.24. The monoisotopic (exact) mass is 417 g/mol. The molecule has 0 aliphatic carbocycles. The van der Waals surface area contributed by atoms with Crippen molar-refractivity contribution < 1.29 is 9.59 Å². The molecule has 160 valence electrons. The Morgan fingerprint density at radius 3 is 2.42 bits per heavy atom. The van der Waals surface area contributed by atoms with Crippen molar-refractivity contribution in [2.45, 2.75) is 26.2 Å². The van der Waals surface area contributed by atoms with E-state index in [0.29, 0.717) is 32.5 Å². The minimum absolute atomic E-state index is 0.0940. The fraction of sp³-hybridized carbons (Fsp3) is 0.292. The molecule has 0 fully saturated rings. The molecule has 0 atom stereocenters. The number of carbonyl (C=O) groups excluding carboxylic acids is 2. The first-order valence-electron chi connectivity index (χ1n) is 10.4. The van der Waals surface area contributed by atoms with Crippen molar-refractivity contribution >= 4 is 11.8 Å². The van der Waals surface area contributed by atoms with E-state index in [1.165, 1.54) is 6.20 Å². The molecule has 0 bridgehead atoms. The van der Waals surface area contributed by atoms with Gasteiger partial charge in [0.15, 0.2) is 0 Å². The average Bonchev–Trinajstić information content (AvgIpc) is 2.80. The molecule has 3 rings (SSSR count). The highest BCUT2D eigenvalue weighted by molar-refractivity contribution is 5.92. The maximum atomic E-state index is 13.0. The summed E-state index contributed by atoms with van der Waals surface area (Å²) in [6, 6.07) is 15.7. The lowest BCUT2D eigenvalue weighted by Crippen LogP contribution is -2.37. The van der Waals surface area contributed by atoms with Crippen molar-refractivity contribution in [3.63, 3.8) is 0 Å². The predicted octanol–water partition coefficient (Wildman–Crippen LogP) is 2.61. The van der Waals surface area contributed by atoms with Crippen LogP contribution < -0.4 is 5.32 Å². The third-order valence-corrected chi connectivity index (χ3v) is 4.84. The Morgan fingerprint density at radius 2 is 1.71 bits per heavy atom. The molecule has 1 N–H and O–H groups in total. The van der Waals surface area contributed by atoms with Gasteiger partial charge in [0, 0.05) is 50.6 Å². The Balaban J connectivity index is 1.55. The summed E-state index contributed by atoms with van der Waals surface area (Å²) in [5.41, 5.74) is 3.10. The summed E-state index contributed by atoms with van der Waals surface area (Å²) < 4.78 is 0. The van der Waals surface area contributed by atoms with Crippen LogP contribution in [0.15, 0.2) is 67.1 Å². The van der Waals surface area contributed by atoms with Crippen LogP contribution in [0.2, 0.25) is 0 Å². The first-order chi connectivity index (χ1) is 15.1. The summed E-state index contributed by atoms with van der Waals surface area (Å²) in [6.45, 7) is 3.15. The van der Waals surface area contributed by atoms with Gasteiger partial charge in [-0.1, -0.05) is 36.4 Å². The minimum atomic E-state index is -0.218. The van der Waals surface area contributed by atoms with E-state index in [9.17, 15) is 9.59 Å². The number of aromatic nitrogens is 3. The average molecular weight is 418 g/mol. The Labute approximate surface area is 182 Å². The summed E-state index contributed by atoms with van der Waals surface area (Å²) in [7, 11) is 0. The Kier molecular flexibility index (Phi) is 8.22. The molecule has 0 unspecified atom stereocenters. The number of benzene rings is 1. The quantitative estimate of drug-likeness (QED) is 0.548. The molecule has 31 heavy (non-hydrogen) atoms. The lowest BCUT2D eigenvalue weighted by Gasteiger charge is -2.22. The number of carbonyl (C=O) groups is 2. The molecule has 0 radical (unpaired) electrons. The lowest BCUT2D eigenvalue weighted by molar-refractivity contribution is -0.121. The van der Waals surface area contributed by atoms with Gasteiger partial charge >= 0.3 is 0 Å². The van der Waals surface area contributed by atoms with Crippen molar-refractivity contribution in [3.05, 3.63) is 89.8 Å². The maximum absolute atomic E-state index is 13.0. The molecule has 3 aromatic rings. The van der Waals surface area contributed by atoms with Crippen LogP contribution in [0.25, 0.3) is 0 Å². The maximum Gasteiger partial charge on any atom is 0.274 e. The van der Waals surface area contributed by atoms with Gasteiger partial charge in [0.1, 0.15) is 5.69 Å². The zero-order valence-electron chi connectivity index (χ0n) is 17.7. The van der Waals surface area contributed by atoms with Crippen molar-refractivity contribution in [1.29, 1.82) is 0 Å². The van der Waals surface area contributed by atoms with Gasteiger partial charge in [-0.2, -0.15) is 0 Å². The smallest absolute Gasteiger partial charge is 0.274 e. The van der Waals surface area contributed by atoms with E-state index in [-0.39, 0.29) is 23.9 Å². The van der Waals surface area contributed by atoms with Crippen molar-refractivity contribution in [3.8, 4) is 0 Å². The number of aryl methyl sites for hydroxylation is 1. The zero-order valence-corrected chi connectivity index (χ0v) is 17.7. The molecule has 7 heteroatoms. The molecule has 0 aliphatic heterocycles. The van der Waals surface area contributed by atoms with Gasteiger partial charge in [-0.3, -0.25) is 19.6 Å². The van der Waals surface area contributed by atoms with Gasteiger partial charge in [-0.15, -0.1) is 0 Å². The third kappa shape index (κ3) is 7.29. The van der Waals surface area contributed by atoms with Gasteiger partial charge in [0.25, 0.3) is 5.91 Å². The molecule has 1 aromatic carbocycles. The van der Waals surface area contributed by atoms with Crippen LogP contribution in [-0.2, 0) is 17.6 Å². The summed E-state index contributed by atoms with van der Waals surface area (Å²) in [5, 5.41) is 2.90. The lowest BCUT2D eigenvalue weighted by atomic mass is 10.1. The van der Waals surface area contributed by atoms with E-state index >= 15 is 0 Å². The van der Waals surface area contributed by atoms with E-state index in [0.717, 1.165) is 17.0 Å². The number of pyridine rings is 1. The van der Waals surface area contributed by atoms with Gasteiger partial charge < -0.3 is 10.2 Å². The highest BCUT2D eigenvalue weighted by Gasteiger charge is 2.18. The number of hydrogen-bond acceptors (Lipinski definition) is 5. The first-order valence-corrected chi connectivity index (χ1v) is 10.4. The molecule has 7 nitrogen and oxygen atoms in total. The number of rotatable bonds is 10. The summed E-state index contributed by atoms with van der Waals surface area (Å²) in [4.78, 5) is 39.6. The highest BCUT2D eigenvalue weighted by Crippen LogP contribution is 2.07. The Hall–Kier alpha value is -3.61. The summed E-state index contributed by atoms with van der Waals surface area (Å²) >= 11 is 0. The van der Waals surface area contributed by atoms with Crippen molar-refractivity contribution in [2.24, 2.45) is 0 Å².